The molecule has 0 unspecified atom stereocenters. The van der Waals surface area contributed by atoms with Crippen molar-refractivity contribution in [2.45, 2.75) is 75.6 Å². The zero-order valence-electron chi connectivity index (χ0n) is 23.3. The minimum absolute atomic E-state index is 0.0941. The summed E-state index contributed by atoms with van der Waals surface area (Å²) in [4.78, 5) is 27.3. The Bertz CT molecular complexity index is 1600. The van der Waals surface area contributed by atoms with Crippen LogP contribution in [0, 0.1) is 5.82 Å². The zero-order chi connectivity index (χ0) is 30.2. The standard InChI is InChI=1S/C28H31ClFN5O6S/c1-28(2,3)41-27(37)32-21-15-42(38,39)23-13-20(30)19(24-33-34-26(40-24)31-18-6-4-5-7-18)12-22(23)35(25(21)36)14-16-8-10-17(29)11-9-16/h8-13,18,21H,4-7,14-15H2,1-3H3,(H,31,34)(H,32,37)/t21-/m0/s1. The number of aromatic nitrogens is 2. The van der Waals surface area contributed by atoms with Crippen molar-refractivity contribution in [3.63, 3.8) is 0 Å². The number of fused-ring (bicyclic) bond motifs is 1. The number of alkyl carbamates (subject to hydrolysis) is 1. The van der Waals surface area contributed by atoms with E-state index in [0.29, 0.717) is 10.6 Å². The number of halogens is 2. The Labute approximate surface area is 247 Å². The molecule has 11 nitrogen and oxygen atoms in total. The Hall–Kier alpha value is -3.71. The van der Waals surface area contributed by atoms with Crippen molar-refractivity contribution in [2.75, 3.05) is 16.0 Å². The molecule has 1 aromatic heterocycles. The number of benzene rings is 2. The maximum Gasteiger partial charge on any atom is 0.408 e. The third-order valence-corrected chi connectivity index (χ3v) is 8.93. The Morgan fingerprint density at radius 2 is 1.86 bits per heavy atom. The average molecular weight is 620 g/mol. The van der Waals surface area contributed by atoms with Gasteiger partial charge in [-0.1, -0.05) is 41.7 Å². The van der Waals surface area contributed by atoms with E-state index in [9.17, 15) is 18.0 Å². The van der Waals surface area contributed by atoms with E-state index in [1.54, 1.807) is 45.0 Å². The van der Waals surface area contributed by atoms with Gasteiger partial charge in [0, 0.05) is 11.1 Å². The van der Waals surface area contributed by atoms with Crippen LogP contribution in [0.15, 0.2) is 45.7 Å². The van der Waals surface area contributed by atoms with Crippen molar-refractivity contribution in [2.24, 2.45) is 0 Å². The molecule has 0 saturated heterocycles. The van der Waals surface area contributed by atoms with Crippen LogP contribution in [0.5, 0.6) is 0 Å². The Morgan fingerprint density at radius 3 is 2.52 bits per heavy atom. The molecular weight excluding hydrogens is 589 g/mol. The van der Waals surface area contributed by atoms with E-state index >= 15 is 4.39 Å². The SMILES string of the molecule is CC(C)(C)OC(=O)N[C@H]1CS(=O)(=O)c2cc(F)c(-c3nnc(NC4CCCC4)o3)cc2N(Cc2ccc(Cl)cc2)C1=O. The number of anilines is 2. The van der Waals surface area contributed by atoms with Crippen molar-refractivity contribution < 1.29 is 31.6 Å². The van der Waals surface area contributed by atoms with Crippen LogP contribution in [0.2, 0.25) is 5.02 Å². The summed E-state index contributed by atoms with van der Waals surface area (Å²) in [6.07, 6.45) is 3.09. The van der Waals surface area contributed by atoms with Crippen LogP contribution >= 0.6 is 11.6 Å². The molecule has 42 heavy (non-hydrogen) atoms. The number of sulfone groups is 1. The Morgan fingerprint density at radius 1 is 1.17 bits per heavy atom. The highest BCUT2D eigenvalue weighted by Crippen LogP contribution is 2.37. The fourth-order valence-corrected chi connectivity index (χ4v) is 6.72. The van der Waals surface area contributed by atoms with Crippen molar-refractivity contribution in [3.8, 4) is 11.5 Å². The van der Waals surface area contributed by atoms with Gasteiger partial charge in [0.1, 0.15) is 17.5 Å². The summed E-state index contributed by atoms with van der Waals surface area (Å²) in [5.41, 5.74) is -0.552. The Balaban J connectivity index is 1.56. The molecule has 14 heteroatoms. The quantitative estimate of drug-likeness (QED) is 0.385. The molecule has 2 aliphatic rings. The van der Waals surface area contributed by atoms with Crippen LogP contribution in [-0.2, 0) is 25.9 Å². The van der Waals surface area contributed by atoms with Gasteiger partial charge in [-0.05, 0) is 63.4 Å². The Kier molecular flexibility index (Phi) is 8.17. The molecule has 2 amide bonds. The van der Waals surface area contributed by atoms with Crippen LogP contribution in [-0.4, -0.2) is 54.1 Å². The monoisotopic (exact) mass is 619 g/mol. The predicted octanol–water partition coefficient (Wildman–Crippen LogP) is 5.10. The molecule has 0 spiro atoms. The molecule has 1 saturated carbocycles. The molecule has 5 rings (SSSR count). The molecule has 1 atom stereocenters. The second-order valence-electron chi connectivity index (χ2n) is 11.4. The zero-order valence-corrected chi connectivity index (χ0v) is 24.9. The highest BCUT2D eigenvalue weighted by atomic mass is 35.5. The van der Waals surface area contributed by atoms with E-state index in [2.05, 4.69) is 20.8 Å². The van der Waals surface area contributed by atoms with Crippen LogP contribution in [0.1, 0.15) is 52.0 Å². The van der Waals surface area contributed by atoms with Gasteiger partial charge >= 0.3 is 12.1 Å². The van der Waals surface area contributed by atoms with E-state index < -0.39 is 49.9 Å². The van der Waals surface area contributed by atoms with Crippen molar-refractivity contribution in [3.05, 3.63) is 52.8 Å². The number of hydrogen-bond donors (Lipinski definition) is 2. The first kappa shape index (κ1) is 29.8. The molecule has 2 aromatic carbocycles. The van der Waals surface area contributed by atoms with Gasteiger partial charge in [-0.25, -0.2) is 17.6 Å². The smallest absolute Gasteiger partial charge is 0.408 e. The van der Waals surface area contributed by atoms with Gasteiger partial charge in [-0.15, -0.1) is 5.10 Å². The fraction of sp³-hybridized carbons (Fsp3) is 0.429. The third-order valence-electron chi connectivity index (χ3n) is 6.91. The number of carbonyl (C=O) groups excluding carboxylic acids is 2. The minimum Gasteiger partial charge on any atom is -0.444 e. The summed E-state index contributed by atoms with van der Waals surface area (Å²) in [5.74, 6) is -2.64. The molecule has 1 aliphatic carbocycles. The maximum atomic E-state index is 15.5. The number of nitrogens with one attached hydrogen (secondary N) is 2. The molecule has 224 valence electrons. The number of carbonyl (C=O) groups is 2. The topological polar surface area (TPSA) is 144 Å². The largest absolute Gasteiger partial charge is 0.444 e. The summed E-state index contributed by atoms with van der Waals surface area (Å²) in [7, 11) is -4.29. The van der Waals surface area contributed by atoms with Crippen LogP contribution in [0.3, 0.4) is 0 Å². The summed E-state index contributed by atoms with van der Waals surface area (Å²) in [6.45, 7) is 4.81. The average Bonchev–Trinajstić information content (AvgIpc) is 3.58. The fourth-order valence-electron chi connectivity index (χ4n) is 4.98. The summed E-state index contributed by atoms with van der Waals surface area (Å²) in [6, 6.07) is 7.42. The lowest BCUT2D eigenvalue weighted by atomic mass is 10.1. The number of amides is 2. The van der Waals surface area contributed by atoms with Gasteiger partial charge in [0.05, 0.1) is 28.4 Å². The van der Waals surface area contributed by atoms with E-state index in [4.69, 9.17) is 20.8 Å². The van der Waals surface area contributed by atoms with Crippen LogP contribution < -0.4 is 15.5 Å². The van der Waals surface area contributed by atoms with E-state index in [1.165, 1.54) is 11.0 Å². The summed E-state index contributed by atoms with van der Waals surface area (Å²) < 4.78 is 53.5. The highest BCUT2D eigenvalue weighted by Gasteiger charge is 2.40. The van der Waals surface area contributed by atoms with Crippen LogP contribution in [0.25, 0.3) is 11.5 Å². The molecule has 3 aromatic rings. The van der Waals surface area contributed by atoms with Gasteiger partial charge in [0.15, 0.2) is 9.84 Å². The van der Waals surface area contributed by atoms with Gasteiger partial charge in [-0.3, -0.25) is 4.79 Å². The first-order chi connectivity index (χ1) is 19.8. The maximum absolute atomic E-state index is 15.5. The van der Waals surface area contributed by atoms with Gasteiger partial charge < -0.3 is 24.7 Å². The number of ether oxygens (including phenoxy) is 1. The van der Waals surface area contributed by atoms with Crippen molar-refractivity contribution in [1.29, 1.82) is 0 Å². The van der Waals surface area contributed by atoms with Crippen LogP contribution in [0.4, 0.5) is 20.9 Å². The van der Waals surface area contributed by atoms with E-state index in [-0.39, 0.29) is 35.7 Å². The molecule has 0 bridgehead atoms. The molecule has 1 fully saturated rings. The normalized spacial score (nSPS) is 18.8. The lowest BCUT2D eigenvalue weighted by Crippen LogP contribution is -2.51. The molecule has 0 radical (unpaired) electrons. The van der Waals surface area contributed by atoms with Crippen molar-refractivity contribution >= 4 is 45.1 Å². The first-order valence-electron chi connectivity index (χ1n) is 13.5. The van der Waals surface area contributed by atoms with Crippen molar-refractivity contribution in [1.82, 2.24) is 15.5 Å². The predicted molar refractivity (Wildman–Crippen MR) is 153 cm³/mol. The molecular formula is C28H31ClFN5O6S. The summed E-state index contributed by atoms with van der Waals surface area (Å²) in [5, 5.41) is 13.9. The van der Waals surface area contributed by atoms with Gasteiger partial charge in [0.25, 0.3) is 11.8 Å². The van der Waals surface area contributed by atoms with E-state index in [0.717, 1.165) is 31.7 Å². The minimum atomic E-state index is -4.29. The van der Waals surface area contributed by atoms with E-state index in [1.807, 2.05) is 0 Å². The number of rotatable bonds is 6. The second-order valence-corrected chi connectivity index (χ2v) is 13.8. The molecule has 2 N–H and O–H groups in total. The highest BCUT2D eigenvalue weighted by molar-refractivity contribution is 7.91. The first-order valence-corrected chi connectivity index (χ1v) is 15.5. The number of hydrogen-bond acceptors (Lipinski definition) is 9. The lowest BCUT2D eigenvalue weighted by molar-refractivity contribution is -0.120. The summed E-state index contributed by atoms with van der Waals surface area (Å²) >= 11 is 6.03. The lowest BCUT2D eigenvalue weighted by Gasteiger charge is -2.27. The molecule has 1 aliphatic heterocycles. The number of nitrogens with zero attached hydrogens (tertiary/aromatic N) is 3. The molecule has 2 heterocycles. The van der Waals surface area contributed by atoms with Gasteiger partial charge in [0.2, 0.25) is 0 Å². The van der Waals surface area contributed by atoms with Gasteiger partial charge in [-0.2, -0.15) is 0 Å². The second kappa shape index (κ2) is 11.5. The third kappa shape index (κ3) is 6.67.